The molecule has 7 heteroatoms. The van der Waals surface area contributed by atoms with Crippen LogP contribution in [0.1, 0.15) is 63.9 Å². The number of amides is 2. The Balaban J connectivity index is 1.41. The number of nitrogens with zero attached hydrogens (tertiary/aromatic N) is 1. The predicted octanol–water partition coefficient (Wildman–Crippen LogP) is 5.26. The molecule has 0 bridgehead atoms. The highest BCUT2D eigenvalue weighted by Crippen LogP contribution is 2.47. The molecule has 41 heavy (non-hydrogen) atoms. The molecule has 2 amide bonds. The standard InChI is InChI=1S/C34H41NO6/c1-22(18-23-10-8-9-15-29(23)37)16-17-30(38)31-24(21-41-26-13-6-3-7-14-26)19-27-32(28(31)20-36)34(40)35(33(27)39)25-11-4-2-5-12-25/h3,6-10,13-15,18,25,27-28,30,32,36-38H,2,4-5,11-12,16-17,19-21H2,1H3/b22-18+/t27-,28+,30-,32-/m1/s1. The third-order valence-electron chi connectivity index (χ3n) is 9.02. The fourth-order valence-electron chi connectivity index (χ4n) is 6.97. The predicted molar refractivity (Wildman–Crippen MR) is 157 cm³/mol. The average Bonchev–Trinajstić information content (AvgIpc) is 3.25. The number of ether oxygens (including phenoxy) is 1. The molecule has 3 aliphatic rings. The van der Waals surface area contributed by atoms with Crippen LogP contribution >= 0.6 is 0 Å². The number of fused-ring (bicyclic) bond motifs is 1. The fourth-order valence-corrected chi connectivity index (χ4v) is 6.97. The van der Waals surface area contributed by atoms with Crippen molar-refractivity contribution in [1.29, 1.82) is 0 Å². The van der Waals surface area contributed by atoms with Gasteiger partial charge in [-0.25, -0.2) is 0 Å². The lowest BCUT2D eigenvalue weighted by Crippen LogP contribution is -2.42. The van der Waals surface area contributed by atoms with Gasteiger partial charge in [0.15, 0.2) is 0 Å². The van der Waals surface area contributed by atoms with E-state index in [1.54, 1.807) is 12.1 Å². The second-order valence-electron chi connectivity index (χ2n) is 11.7. The van der Waals surface area contributed by atoms with Crippen molar-refractivity contribution in [2.24, 2.45) is 17.8 Å². The first-order chi connectivity index (χ1) is 19.9. The summed E-state index contributed by atoms with van der Waals surface area (Å²) >= 11 is 0. The number of allylic oxidation sites excluding steroid dienone is 1. The number of likely N-dealkylation sites (tertiary alicyclic amines) is 1. The number of phenolic OH excluding ortho intramolecular Hbond substituents is 1. The maximum absolute atomic E-state index is 13.8. The van der Waals surface area contributed by atoms with Crippen LogP contribution in [0.15, 0.2) is 71.3 Å². The number of aliphatic hydroxyl groups excluding tert-OH is 2. The van der Waals surface area contributed by atoms with Gasteiger partial charge in [-0.15, -0.1) is 0 Å². The number of rotatable bonds is 10. The molecule has 3 N–H and O–H groups in total. The van der Waals surface area contributed by atoms with Crippen molar-refractivity contribution in [1.82, 2.24) is 4.90 Å². The van der Waals surface area contributed by atoms with Crippen LogP contribution in [0.2, 0.25) is 0 Å². The Morgan fingerprint density at radius 2 is 1.73 bits per heavy atom. The van der Waals surface area contributed by atoms with Crippen molar-refractivity contribution in [3.8, 4) is 11.5 Å². The Kier molecular flexibility index (Phi) is 9.25. The molecule has 218 valence electrons. The Bertz CT molecular complexity index is 1300. The topological polar surface area (TPSA) is 107 Å². The van der Waals surface area contributed by atoms with Gasteiger partial charge in [-0.3, -0.25) is 14.5 Å². The zero-order chi connectivity index (χ0) is 28.9. The molecule has 2 fully saturated rings. The van der Waals surface area contributed by atoms with Crippen LogP contribution in [0.25, 0.3) is 6.08 Å². The zero-order valence-corrected chi connectivity index (χ0v) is 23.7. The normalized spacial score (nSPS) is 24.5. The van der Waals surface area contributed by atoms with Crippen LogP contribution in [-0.2, 0) is 9.59 Å². The smallest absolute Gasteiger partial charge is 0.234 e. The highest BCUT2D eigenvalue weighted by atomic mass is 16.5. The van der Waals surface area contributed by atoms with Crippen LogP contribution in [0.5, 0.6) is 11.5 Å². The number of carbonyl (C=O) groups excluding carboxylic acids is 2. The lowest BCUT2D eigenvalue weighted by Gasteiger charge is -2.36. The number of aliphatic hydroxyl groups is 2. The van der Waals surface area contributed by atoms with Gasteiger partial charge in [-0.1, -0.05) is 67.3 Å². The first-order valence-electron chi connectivity index (χ1n) is 14.9. The van der Waals surface area contributed by atoms with Gasteiger partial charge < -0.3 is 20.1 Å². The van der Waals surface area contributed by atoms with Crippen molar-refractivity contribution in [3.63, 3.8) is 0 Å². The Morgan fingerprint density at radius 3 is 2.44 bits per heavy atom. The molecule has 2 aromatic carbocycles. The molecule has 0 unspecified atom stereocenters. The van der Waals surface area contributed by atoms with E-state index in [4.69, 9.17) is 4.74 Å². The van der Waals surface area contributed by atoms with Crippen LogP contribution < -0.4 is 4.74 Å². The number of aromatic hydroxyl groups is 1. The molecule has 1 saturated heterocycles. The van der Waals surface area contributed by atoms with Crippen LogP contribution in [-0.4, -0.2) is 57.4 Å². The first kappa shape index (κ1) is 29.1. The van der Waals surface area contributed by atoms with Gasteiger partial charge in [-0.2, -0.15) is 0 Å². The summed E-state index contributed by atoms with van der Waals surface area (Å²) in [6.07, 6.45) is 7.04. The molecule has 2 aromatic rings. The van der Waals surface area contributed by atoms with E-state index in [0.717, 1.165) is 43.3 Å². The minimum atomic E-state index is -0.915. The summed E-state index contributed by atoms with van der Waals surface area (Å²) < 4.78 is 6.09. The molecule has 7 nitrogen and oxygen atoms in total. The van der Waals surface area contributed by atoms with Crippen LogP contribution in [0, 0.1) is 17.8 Å². The third kappa shape index (κ3) is 6.26. The molecule has 0 aromatic heterocycles. The summed E-state index contributed by atoms with van der Waals surface area (Å²) in [4.78, 5) is 29.0. The summed E-state index contributed by atoms with van der Waals surface area (Å²) in [5, 5.41) is 32.4. The molecule has 2 aliphatic carbocycles. The van der Waals surface area contributed by atoms with Gasteiger partial charge in [-0.05, 0) is 68.4 Å². The Morgan fingerprint density at radius 1 is 1.02 bits per heavy atom. The third-order valence-corrected chi connectivity index (χ3v) is 9.02. The monoisotopic (exact) mass is 559 g/mol. The second-order valence-corrected chi connectivity index (χ2v) is 11.7. The maximum atomic E-state index is 13.8. The summed E-state index contributed by atoms with van der Waals surface area (Å²) in [5.74, 6) is -1.33. The summed E-state index contributed by atoms with van der Waals surface area (Å²) in [7, 11) is 0. The van der Waals surface area contributed by atoms with Crippen molar-refractivity contribution < 1.29 is 29.6 Å². The molecular formula is C34H41NO6. The van der Waals surface area contributed by atoms with Gasteiger partial charge in [0.2, 0.25) is 11.8 Å². The van der Waals surface area contributed by atoms with Crippen molar-refractivity contribution >= 4 is 17.9 Å². The number of benzene rings is 2. The SMILES string of the molecule is C/C(=C\c1ccccc1O)CC[C@@H](O)C1=C(COc2ccccc2)C[C@H]2C(=O)N(C3CCCCC3)C(=O)[C@H]2[C@H]1CO. The van der Waals surface area contributed by atoms with Gasteiger partial charge >= 0.3 is 0 Å². The number of hydrogen-bond donors (Lipinski definition) is 3. The number of phenols is 1. The zero-order valence-electron chi connectivity index (χ0n) is 23.7. The van der Waals surface area contributed by atoms with Gasteiger partial charge in [0.25, 0.3) is 0 Å². The highest BCUT2D eigenvalue weighted by molar-refractivity contribution is 6.06. The van der Waals surface area contributed by atoms with E-state index >= 15 is 0 Å². The van der Waals surface area contributed by atoms with Crippen LogP contribution in [0.3, 0.4) is 0 Å². The van der Waals surface area contributed by atoms with E-state index in [1.807, 2.05) is 55.5 Å². The van der Waals surface area contributed by atoms with E-state index in [2.05, 4.69) is 0 Å². The lowest BCUT2D eigenvalue weighted by atomic mass is 9.68. The largest absolute Gasteiger partial charge is 0.507 e. The molecule has 1 aliphatic heterocycles. The average molecular weight is 560 g/mol. The Hall–Kier alpha value is -3.42. The van der Waals surface area contributed by atoms with E-state index in [9.17, 15) is 24.9 Å². The van der Waals surface area contributed by atoms with E-state index in [1.165, 1.54) is 4.90 Å². The van der Waals surface area contributed by atoms with E-state index in [-0.39, 0.29) is 36.8 Å². The van der Waals surface area contributed by atoms with Crippen LogP contribution in [0.4, 0.5) is 0 Å². The molecule has 5 rings (SSSR count). The maximum Gasteiger partial charge on any atom is 0.234 e. The van der Waals surface area contributed by atoms with Gasteiger partial charge in [0, 0.05) is 17.5 Å². The number of carbonyl (C=O) groups is 2. The Labute approximate surface area is 242 Å². The van der Waals surface area contributed by atoms with Crippen molar-refractivity contribution in [2.45, 2.75) is 70.4 Å². The van der Waals surface area contributed by atoms with Crippen molar-refractivity contribution in [2.75, 3.05) is 13.2 Å². The molecule has 4 atom stereocenters. The van der Waals surface area contributed by atoms with Gasteiger partial charge in [0.1, 0.15) is 18.1 Å². The number of hydrogen-bond acceptors (Lipinski definition) is 6. The molecule has 1 saturated carbocycles. The highest BCUT2D eigenvalue weighted by Gasteiger charge is 2.56. The lowest BCUT2D eigenvalue weighted by molar-refractivity contribution is -0.143. The molecular weight excluding hydrogens is 518 g/mol. The fraction of sp³-hybridized carbons (Fsp3) is 0.471. The quantitative estimate of drug-likeness (QED) is 0.271. The van der Waals surface area contributed by atoms with E-state index in [0.29, 0.717) is 36.1 Å². The minimum Gasteiger partial charge on any atom is -0.507 e. The molecule has 0 spiro atoms. The molecule has 0 radical (unpaired) electrons. The number of imide groups is 1. The number of para-hydroxylation sites is 2. The summed E-state index contributed by atoms with van der Waals surface area (Å²) in [6.45, 7) is 1.80. The molecule has 1 heterocycles. The van der Waals surface area contributed by atoms with Crippen molar-refractivity contribution in [3.05, 3.63) is 76.9 Å². The second kappa shape index (κ2) is 13.0. The van der Waals surface area contributed by atoms with Gasteiger partial charge in [0.05, 0.1) is 24.5 Å². The minimum absolute atomic E-state index is 0.0757. The van der Waals surface area contributed by atoms with E-state index < -0.39 is 23.9 Å². The summed E-state index contributed by atoms with van der Waals surface area (Å²) in [5.41, 5.74) is 3.11. The summed E-state index contributed by atoms with van der Waals surface area (Å²) in [6, 6.07) is 16.4. The first-order valence-corrected chi connectivity index (χ1v) is 14.9.